The van der Waals surface area contributed by atoms with Crippen LogP contribution in [0.3, 0.4) is 0 Å². The maximum atomic E-state index is 12.4. The summed E-state index contributed by atoms with van der Waals surface area (Å²) in [6.07, 6.45) is 5.28. The number of nitro groups is 1. The summed E-state index contributed by atoms with van der Waals surface area (Å²) >= 11 is 0. The first kappa shape index (κ1) is 18.2. The van der Waals surface area contributed by atoms with Crippen molar-refractivity contribution in [2.45, 2.75) is 57.3 Å². The summed E-state index contributed by atoms with van der Waals surface area (Å²) in [6.45, 7) is 0.853. The number of nitro benzene ring substituents is 1. The van der Waals surface area contributed by atoms with Crippen LogP contribution in [0.2, 0.25) is 0 Å². The molecule has 0 N–H and O–H groups in total. The van der Waals surface area contributed by atoms with Gasteiger partial charge in [0.15, 0.2) is 6.79 Å². The molecule has 0 aromatic heterocycles. The number of esters is 1. The fourth-order valence-electron chi connectivity index (χ4n) is 4.85. The molecule has 8 nitrogen and oxygen atoms in total. The monoisotopic (exact) mass is 376 g/mol. The predicted octanol–water partition coefficient (Wildman–Crippen LogP) is 2.77. The van der Waals surface area contributed by atoms with Crippen molar-refractivity contribution < 1.29 is 23.9 Å². The van der Waals surface area contributed by atoms with Gasteiger partial charge in [0.2, 0.25) is 0 Å². The van der Waals surface area contributed by atoms with E-state index in [1.54, 1.807) is 6.07 Å². The highest BCUT2D eigenvalue weighted by atomic mass is 16.7. The highest BCUT2D eigenvalue weighted by Crippen LogP contribution is 2.42. The lowest BCUT2D eigenvalue weighted by atomic mass is 9.84. The number of nitrogens with zero attached hydrogens (tertiary/aromatic N) is 2. The molecule has 4 rings (SSSR count). The highest BCUT2D eigenvalue weighted by Gasteiger charge is 2.46. The molecule has 27 heavy (non-hydrogen) atoms. The van der Waals surface area contributed by atoms with Gasteiger partial charge >= 0.3 is 5.97 Å². The second-order valence-electron chi connectivity index (χ2n) is 7.52. The summed E-state index contributed by atoms with van der Waals surface area (Å²) in [5, 5.41) is 11.4. The molecular formula is C19H24N2O6. The molecule has 2 heterocycles. The fourth-order valence-corrected chi connectivity index (χ4v) is 4.85. The van der Waals surface area contributed by atoms with Crippen molar-refractivity contribution in [1.29, 1.82) is 0 Å². The molecule has 0 amide bonds. The number of carbonyl (C=O) groups is 1. The molecule has 3 atom stereocenters. The van der Waals surface area contributed by atoms with Crippen LogP contribution >= 0.6 is 0 Å². The maximum Gasteiger partial charge on any atom is 0.323 e. The van der Waals surface area contributed by atoms with Crippen molar-refractivity contribution >= 4 is 11.7 Å². The first-order chi connectivity index (χ1) is 13.1. The molecule has 1 saturated carbocycles. The Kier molecular flexibility index (Phi) is 5.01. The van der Waals surface area contributed by atoms with Crippen molar-refractivity contribution in [1.82, 2.24) is 4.90 Å². The maximum absolute atomic E-state index is 12.4. The summed E-state index contributed by atoms with van der Waals surface area (Å²) in [5.74, 6) is 0.893. The molecule has 1 aromatic carbocycles. The van der Waals surface area contributed by atoms with Gasteiger partial charge < -0.3 is 14.2 Å². The van der Waals surface area contributed by atoms with Gasteiger partial charge in [-0.15, -0.1) is 0 Å². The van der Waals surface area contributed by atoms with Crippen molar-refractivity contribution in [3.05, 3.63) is 33.4 Å². The Morgan fingerprint density at radius 1 is 1.37 bits per heavy atom. The van der Waals surface area contributed by atoms with Crippen LogP contribution in [0.25, 0.3) is 0 Å². The van der Waals surface area contributed by atoms with Crippen LogP contribution in [0.5, 0.6) is 5.75 Å². The van der Waals surface area contributed by atoms with E-state index in [0.29, 0.717) is 29.8 Å². The number of hydrogen-bond acceptors (Lipinski definition) is 7. The van der Waals surface area contributed by atoms with Crippen LogP contribution in [0.15, 0.2) is 12.1 Å². The molecule has 2 aliphatic heterocycles. The number of non-ortho nitro benzene ring substituents is 1. The van der Waals surface area contributed by atoms with E-state index < -0.39 is 4.92 Å². The van der Waals surface area contributed by atoms with E-state index in [9.17, 15) is 14.9 Å². The van der Waals surface area contributed by atoms with Gasteiger partial charge in [0.05, 0.1) is 18.6 Å². The number of rotatable bonds is 4. The molecule has 3 aliphatic rings. The molecule has 8 heteroatoms. The number of methoxy groups -OCH3 is 1. The van der Waals surface area contributed by atoms with E-state index >= 15 is 0 Å². The Bertz CT molecular complexity index is 752. The van der Waals surface area contributed by atoms with Gasteiger partial charge in [0.1, 0.15) is 11.8 Å². The van der Waals surface area contributed by atoms with Gasteiger partial charge in [0.25, 0.3) is 5.69 Å². The third kappa shape index (κ3) is 3.39. The normalized spacial score (nSPS) is 27.4. The van der Waals surface area contributed by atoms with E-state index in [-0.39, 0.29) is 31.1 Å². The zero-order chi connectivity index (χ0) is 19.0. The molecule has 0 radical (unpaired) electrons. The van der Waals surface area contributed by atoms with Crippen molar-refractivity contribution in [2.75, 3.05) is 13.9 Å². The molecule has 2 fully saturated rings. The summed E-state index contributed by atoms with van der Waals surface area (Å²) in [6, 6.07) is 3.06. The second-order valence-corrected chi connectivity index (χ2v) is 7.52. The molecule has 0 bridgehead atoms. The Balaban J connectivity index is 1.69. The lowest BCUT2D eigenvalue weighted by molar-refractivity contribution is -0.385. The standard InChI is InChI=1S/C19H24N2O6/c1-25-19(22)17-8-12-4-2-3-5-16(12)20(17)9-13-6-15(21(23)24)7-14-10-26-11-27-18(13)14/h6-7,12,16-17H,2-5,8-11H2,1H3. The third-order valence-electron chi connectivity index (χ3n) is 6.03. The van der Waals surface area contributed by atoms with Crippen molar-refractivity contribution in [3.63, 3.8) is 0 Å². The van der Waals surface area contributed by atoms with Crippen LogP contribution < -0.4 is 4.74 Å². The summed E-state index contributed by atoms with van der Waals surface area (Å²) in [7, 11) is 1.41. The predicted molar refractivity (Wildman–Crippen MR) is 95.1 cm³/mol. The van der Waals surface area contributed by atoms with E-state index in [4.69, 9.17) is 14.2 Å². The highest BCUT2D eigenvalue weighted by molar-refractivity contribution is 5.76. The Morgan fingerprint density at radius 3 is 2.96 bits per heavy atom. The molecule has 0 spiro atoms. The number of hydrogen-bond donors (Lipinski definition) is 0. The zero-order valence-electron chi connectivity index (χ0n) is 15.4. The average Bonchev–Trinajstić information content (AvgIpc) is 3.05. The smallest absolute Gasteiger partial charge is 0.323 e. The first-order valence-electron chi connectivity index (χ1n) is 9.42. The van der Waals surface area contributed by atoms with Crippen molar-refractivity contribution in [3.8, 4) is 5.75 Å². The van der Waals surface area contributed by atoms with Gasteiger partial charge in [0, 0.05) is 35.8 Å². The van der Waals surface area contributed by atoms with Gasteiger partial charge in [-0.2, -0.15) is 0 Å². The van der Waals surface area contributed by atoms with Crippen LogP contribution in [0, 0.1) is 16.0 Å². The lowest BCUT2D eigenvalue weighted by Gasteiger charge is -2.34. The first-order valence-corrected chi connectivity index (χ1v) is 9.42. The van der Waals surface area contributed by atoms with E-state index in [2.05, 4.69) is 4.90 Å². The van der Waals surface area contributed by atoms with E-state index in [0.717, 1.165) is 31.2 Å². The molecule has 1 saturated heterocycles. The summed E-state index contributed by atoms with van der Waals surface area (Å²) in [5.41, 5.74) is 1.44. The molecule has 1 aromatic rings. The molecular weight excluding hydrogens is 352 g/mol. The van der Waals surface area contributed by atoms with Crippen LogP contribution in [-0.4, -0.2) is 41.8 Å². The minimum atomic E-state index is -0.399. The Hall–Kier alpha value is -2.19. The third-order valence-corrected chi connectivity index (χ3v) is 6.03. The topological polar surface area (TPSA) is 91.1 Å². The fraction of sp³-hybridized carbons (Fsp3) is 0.632. The van der Waals surface area contributed by atoms with Gasteiger partial charge in [-0.25, -0.2) is 0 Å². The SMILES string of the molecule is COC(=O)C1CC2CCCCC2N1Cc1cc([N+](=O)[O-])cc2c1OCOC2. The Labute approximate surface area is 157 Å². The van der Waals surface area contributed by atoms with Crippen molar-refractivity contribution in [2.24, 2.45) is 5.92 Å². The number of benzene rings is 1. The number of fused-ring (bicyclic) bond motifs is 2. The van der Waals surface area contributed by atoms with E-state index in [1.807, 2.05) is 0 Å². The minimum absolute atomic E-state index is 0.0202. The lowest BCUT2D eigenvalue weighted by Crippen LogP contribution is -2.42. The van der Waals surface area contributed by atoms with Crippen LogP contribution in [0.4, 0.5) is 5.69 Å². The quantitative estimate of drug-likeness (QED) is 0.453. The van der Waals surface area contributed by atoms with Crippen LogP contribution in [-0.2, 0) is 27.4 Å². The molecule has 146 valence electrons. The second kappa shape index (κ2) is 7.44. The summed E-state index contributed by atoms with van der Waals surface area (Å²) in [4.78, 5) is 25.5. The summed E-state index contributed by atoms with van der Waals surface area (Å²) < 4.78 is 16.0. The largest absolute Gasteiger partial charge is 0.468 e. The van der Waals surface area contributed by atoms with Gasteiger partial charge in [-0.1, -0.05) is 12.8 Å². The Morgan fingerprint density at radius 2 is 2.19 bits per heavy atom. The molecule has 1 aliphatic carbocycles. The number of likely N-dealkylation sites (tertiary alicyclic amines) is 1. The van der Waals surface area contributed by atoms with Gasteiger partial charge in [-0.05, 0) is 25.2 Å². The average molecular weight is 376 g/mol. The number of ether oxygens (including phenoxy) is 3. The zero-order valence-corrected chi connectivity index (χ0v) is 15.4. The number of carbonyl (C=O) groups excluding carboxylic acids is 1. The van der Waals surface area contributed by atoms with Crippen LogP contribution in [0.1, 0.15) is 43.2 Å². The minimum Gasteiger partial charge on any atom is -0.468 e. The van der Waals surface area contributed by atoms with Gasteiger partial charge in [-0.3, -0.25) is 19.8 Å². The molecule has 3 unspecified atom stereocenters. The van der Waals surface area contributed by atoms with E-state index in [1.165, 1.54) is 19.6 Å².